The number of rotatable bonds is 2. The lowest BCUT2D eigenvalue weighted by atomic mass is 10.2. The highest BCUT2D eigenvalue weighted by Gasteiger charge is 2.00. The number of halogens is 1. The zero-order valence-electron chi connectivity index (χ0n) is 10.5. The van der Waals surface area contributed by atoms with Crippen molar-refractivity contribution in [3.63, 3.8) is 0 Å². The number of pyridine rings is 1. The normalized spacial score (nSPS) is 10.6. The highest BCUT2D eigenvalue weighted by Crippen LogP contribution is 2.21. The predicted molar refractivity (Wildman–Crippen MR) is 81.2 cm³/mol. The summed E-state index contributed by atoms with van der Waals surface area (Å²) in [4.78, 5) is 4.56. The second-order valence-corrected chi connectivity index (χ2v) is 4.96. The summed E-state index contributed by atoms with van der Waals surface area (Å²) >= 11 is 5.96. The maximum Gasteiger partial charge on any atom is 0.131 e. The van der Waals surface area contributed by atoms with Gasteiger partial charge in [0.05, 0.1) is 5.52 Å². The highest BCUT2D eigenvalue weighted by molar-refractivity contribution is 6.31. The summed E-state index contributed by atoms with van der Waals surface area (Å²) in [6, 6.07) is 17.9. The van der Waals surface area contributed by atoms with Gasteiger partial charge in [0.25, 0.3) is 0 Å². The molecule has 2 aromatic carbocycles. The Morgan fingerprint density at radius 3 is 2.53 bits per heavy atom. The molecule has 0 unspecified atom stereocenters. The third-order valence-electron chi connectivity index (χ3n) is 2.98. The molecule has 3 aromatic rings. The molecule has 2 nitrogen and oxygen atoms in total. The Balaban J connectivity index is 1.93. The van der Waals surface area contributed by atoms with Gasteiger partial charge in [0.15, 0.2) is 0 Å². The van der Waals surface area contributed by atoms with Gasteiger partial charge in [-0.25, -0.2) is 4.98 Å². The fraction of sp³-hybridized carbons (Fsp3) is 0.0625. The van der Waals surface area contributed by atoms with Crippen LogP contribution in [0.25, 0.3) is 10.9 Å². The molecule has 0 spiro atoms. The fourth-order valence-corrected chi connectivity index (χ4v) is 2.13. The molecule has 0 fully saturated rings. The Kier molecular flexibility index (Phi) is 3.10. The first-order chi connectivity index (χ1) is 9.20. The molecule has 0 saturated heterocycles. The largest absolute Gasteiger partial charge is 0.340 e. The van der Waals surface area contributed by atoms with Crippen molar-refractivity contribution in [3.05, 3.63) is 65.2 Å². The molecule has 0 aliphatic heterocycles. The molecule has 1 aromatic heterocycles. The predicted octanol–water partition coefficient (Wildman–Crippen LogP) is 4.94. The first-order valence-corrected chi connectivity index (χ1v) is 6.48. The molecule has 0 amide bonds. The minimum atomic E-state index is 0.730. The number of aryl methyl sites for hydroxylation is 1. The van der Waals surface area contributed by atoms with E-state index >= 15 is 0 Å². The van der Waals surface area contributed by atoms with E-state index in [4.69, 9.17) is 11.6 Å². The molecular formula is C16H13ClN2. The molecule has 0 radical (unpaired) electrons. The van der Waals surface area contributed by atoms with Gasteiger partial charge in [-0.1, -0.05) is 29.3 Å². The summed E-state index contributed by atoms with van der Waals surface area (Å²) in [7, 11) is 0. The number of benzene rings is 2. The van der Waals surface area contributed by atoms with Crippen LogP contribution in [0.15, 0.2) is 54.6 Å². The monoisotopic (exact) mass is 268 g/mol. The van der Waals surface area contributed by atoms with Crippen molar-refractivity contribution in [1.29, 1.82) is 0 Å². The second-order valence-electron chi connectivity index (χ2n) is 4.52. The Morgan fingerprint density at radius 1 is 0.947 bits per heavy atom. The highest BCUT2D eigenvalue weighted by atomic mass is 35.5. The molecule has 0 aliphatic rings. The Morgan fingerprint density at radius 2 is 1.74 bits per heavy atom. The van der Waals surface area contributed by atoms with Gasteiger partial charge in [0.2, 0.25) is 0 Å². The van der Waals surface area contributed by atoms with Crippen LogP contribution in [-0.2, 0) is 0 Å². The van der Waals surface area contributed by atoms with Gasteiger partial charge in [-0.3, -0.25) is 0 Å². The average Bonchev–Trinajstić information content (AvgIpc) is 2.42. The summed E-state index contributed by atoms with van der Waals surface area (Å²) < 4.78 is 0. The molecule has 0 aliphatic carbocycles. The van der Waals surface area contributed by atoms with Gasteiger partial charge < -0.3 is 5.32 Å². The zero-order chi connectivity index (χ0) is 13.2. The standard InChI is InChI=1S/C16H13ClN2/c1-11-2-6-14(7-3-11)18-16-9-4-12-10-13(17)5-8-15(12)19-16/h2-10H,1H3,(H,18,19). The van der Waals surface area contributed by atoms with E-state index in [1.165, 1.54) is 5.56 Å². The van der Waals surface area contributed by atoms with E-state index in [0.717, 1.165) is 27.4 Å². The number of anilines is 2. The van der Waals surface area contributed by atoms with Gasteiger partial charge in [-0.05, 0) is 49.4 Å². The number of fused-ring (bicyclic) bond motifs is 1. The maximum atomic E-state index is 5.96. The number of nitrogens with one attached hydrogen (secondary N) is 1. The minimum Gasteiger partial charge on any atom is -0.340 e. The van der Waals surface area contributed by atoms with Crippen molar-refractivity contribution in [3.8, 4) is 0 Å². The second kappa shape index (κ2) is 4.90. The minimum absolute atomic E-state index is 0.730. The average molecular weight is 269 g/mol. The third-order valence-corrected chi connectivity index (χ3v) is 3.21. The molecule has 94 valence electrons. The fourth-order valence-electron chi connectivity index (χ4n) is 1.95. The number of aromatic nitrogens is 1. The van der Waals surface area contributed by atoms with Crippen LogP contribution in [0.1, 0.15) is 5.56 Å². The van der Waals surface area contributed by atoms with Crippen molar-refractivity contribution in [2.24, 2.45) is 0 Å². The van der Waals surface area contributed by atoms with Crippen LogP contribution < -0.4 is 5.32 Å². The quantitative estimate of drug-likeness (QED) is 0.712. The van der Waals surface area contributed by atoms with Gasteiger partial charge >= 0.3 is 0 Å². The summed E-state index contributed by atoms with van der Waals surface area (Å²) in [6.45, 7) is 2.07. The molecule has 3 heteroatoms. The number of hydrogen-bond acceptors (Lipinski definition) is 2. The number of hydrogen-bond donors (Lipinski definition) is 1. The zero-order valence-corrected chi connectivity index (χ0v) is 11.3. The first-order valence-electron chi connectivity index (χ1n) is 6.11. The Labute approximate surface area is 117 Å². The van der Waals surface area contributed by atoms with Crippen molar-refractivity contribution < 1.29 is 0 Å². The molecule has 0 bridgehead atoms. The van der Waals surface area contributed by atoms with Gasteiger partial charge in [-0.2, -0.15) is 0 Å². The smallest absolute Gasteiger partial charge is 0.131 e. The van der Waals surface area contributed by atoms with E-state index in [2.05, 4.69) is 29.4 Å². The summed E-state index contributed by atoms with van der Waals surface area (Å²) in [6.07, 6.45) is 0. The van der Waals surface area contributed by atoms with Crippen molar-refractivity contribution in [2.45, 2.75) is 6.92 Å². The molecular weight excluding hydrogens is 256 g/mol. The first kappa shape index (κ1) is 12.0. The molecule has 0 saturated carbocycles. The van der Waals surface area contributed by atoms with E-state index in [1.54, 1.807) is 0 Å². The van der Waals surface area contributed by atoms with E-state index in [-0.39, 0.29) is 0 Å². The lowest BCUT2D eigenvalue weighted by molar-refractivity contribution is 1.36. The number of nitrogens with zero attached hydrogens (tertiary/aromatic N) is 1. The third kappa shape index (κ3) is 2.69. The molecule has 0 atom stereocenters. The molecule has 1 N–H and O–H groups in total. The van der Waals surface area contributed by atoms with E-state index < -0.39 is 0 Å². The SMILES string of the molecule is Cc1ccc(Nc2ccc3cc(Cl)ccc3n2)cc1. The van der Waals surface area contributed by atoms with Gasteiger partial charge in [0.1, 0.15) is 5.82 Å². The lowest BCUT2D eigenvalue weighted by Gasteiger charge is -2.07. The van der Waals surface area contributed by atoms with E-state index in [9.17, 15) is 0 Å². The van der Waals surface area contributed by atoms with Gasteiger partial charge in [0, 0.05) is 16.1 Å². The summed E-state index contributed by atoms with van der Waals surface area (Å²) in [5, 5.41) is 5.07. The van der Waals surface area contributed by atoms with E-state index in [1.807, 2.05) is 42.5 Å². The van der Waals surface area contributed by atoms with Crippen molar-refractivity contribution >= 4 is 34.0 Å². The molecule has 1 heterocycles. The maximum absolute atomic E-state index is 5.96. The topological polar surface area (TPSA) is 24.9 Å². The Hall–Kier alpha value is -2.06. The molecule has 3 rings (SSSR count). The van der Waals surface area contributed by atoms with Crippen LogP contribution in [0.5, 0.6) is 0 Å². The summed E-state index contributed by atoms with van der Waals surface area (Å²) in [5.74, 6) is 0.832. The van der Waals surface area contributed by atoms with Crippen molar-refractivity contribution in [1.82, 2.24) is 4.98 Å². The van der Waals surface area contributed by atoms with Crippen LogP contribution in [0.4, 0.5) is 11.5 Å². The van der Waals surface area contributed by atoms with Crippen LogP contribution in [0.2, 0.25) is 5.02 Å². The lowest BCUT2D eigenvalue weighted by Crippen LogP contribution is -1.93. The Bertz CT molecular complexity index is 720. The summed E-state index contributed by atoms with van der Waals surface area (Å²) in [5.41, 5.74) is 3.21. The molecule has 19 heavy (non-hydrogen) atoms. The van der Waals surface area contributed by atoms with E-state index in [0.29, 0.717) is 0 Å². The van der Waals surface area contributed by atoms with Crippen LogP contribution in [0.3, 0.4) is 0 Å². The van der Waals surface area contributed by atoms with Gasteiger partial charge in [-0.15, -0.1) is 0 Å². The van der Waals surface area contributed by atoms with Crippen LogP contribution in [0, 0.1) is 6.92 Å². The van der Waals surface area contributed by atoms with Crippen molar-refractivity contribution in [2.75, 3.05) is 5.32 Å². The van der Waals surface area contributed by atoms with Crippen LogP contribution in [-0.4, -0.2) is 4.98 Å². The van der Waals surface area contributed by atoms with Crippen LogP contribution >= 0.6 is 11.6 Å².